The summed E-state index contributed by atoms with van der Waals surface area (Å²) in [7, 11) is 0. The Morgan fingerprint density at radius 3 is 2.79 bits per heavy atom. The monoisotopic (exact) mass is 193 g/mol. The number of nitrogens with one attached hydrogen (secondary N) is 1. The first-order valence-electron chi connectivity index (χ1n) is 4.78. The third-order valence-electron chi connectivity index (χ3n) is 2.61. The van der Waals surface area contributed by atoms with Gasteiger partial charge < -0.3 is 5.32 Å². The van der Waals surface area contributed by atoms with Gasteiger partial charge in [-0.05, 0) is 18.1 Å². The topological polar surface area (TPSA) is 29.1 Å². The maximum atomic E-state index is 13.4. The van der Waals surface area contributed by atoms with Crippen LogP contribution in [0.4, 0.5) is 4.39 Å². The van der Waals surface area contributed by atoms with Crippen molar-refractivity contribution in [2.24, 2.45) is 0 Å². The van der Waals surface area contributed by atoms with E-state index < -0.39 is 0 Å². The molecule has 1 atom stereocenters. The van der Waals surface area contributed by atoms with E-state index in [0.717, 1.165) is 6.42 Å². The first-order chi connectivity index (χ1) is 6.77. The lowest BCUT2D eigenvalue weighted by Crippen LogP contribution is -2.33. The number of carbonyl (C=O) groups excluding carboxylic acids is 1. The molecule has 1 heterocycles. The lowest BCUT2D eigenvalue weighted by atomic mass is 9.91. The second-order valence-corrected chi connectivity index (χ2v) is 3.56. The lowest BCUT2D eigenvalue weighted by Gasteiger charge is -2.22. The molecule has 2 nitrogen and oxygen atoms in total. The number of benzene rings is 1. The average molecular weight is 193 g/mol. The van der Waals surface area contributed by atoms with Crippen LogP contribution in [0.15, 0.2) is 24.3 Å². The summed E-state index contributed by atoms with van der Waals surface area (Å²) < 4.78 is 13.4. The highest BCUT2D eigenvalue weighted by molar-refractivity contribution is 5.76. The summed E-state index contributed by atoms with van der Waals surface area (Å²) in [6.07, 6.45) is 1.24. The van der Waals surface area contributed by atoms with Crippen LogP contribution in [0.2, 0.25) is 0 Å². The standard InChI is InChI=1S/C11H12FNO/c12-10-4-2-1-3-9(10)8-5-6-11(14)13-7-8/h1-4,8H,5-7H2,(H,13,14)/t8-/m1/s1. The van der Waals surface area contributed by atoms with Gasteiger partial charge in [0.05, 0.1) is 0 Å². The minimum absolute atomic E-state index is 0.0672. The number of hydrogen-bond acceptors (Lipinski definition) is 1. The Morgan fingerprint density at radius 1 is 1.36 bits per heavy atom. The van der Waals surface area contributed by atoms with Crippen LogP contribution in [-0.4, -0.2) is 12.5 Å². The van der Waals surface area contributed by atoms with E-state index >= 15 is 0 Å². The number of piperidine rings is 1. The fourth-order valence-electron chi connectivity index (χ4n) is 1.80. The van der Waals surface area contributed by atoms with Gasteiger partial charge in [-0.3, -0.25) is 4.79 Å². The Labute approximate surface area is 82.1 Å². The summed E-state index contributed by atoms with van der Waals surface area (Å²) in [5, 5.41) is 2.75. The van der Waals surface area contributed by atoms with Gasteiger partial charge in [-0.25, -0.2) is 4.39 Å². The highest BCUT2D eigenvalue weighted by Gasteiger charge is 2.21. The maximum Gasteiger partial charge on any atom is 0.220 e. The molecule has 1 aliphatic rings. The molecule has 1 aromatic rings. The Bertz CT molecular complexity index is 341. The summed E-state index contributed by atoms with van der Waals surface area (Å²) in [6, 6.07) is 6.76. The van der Waals surface area contributed by atoms with Crippen LogP contribution in [0.3, 0.4) is 0 Å². The van der Waals surface area contributed by atoms with Crippen molar-refractivity contribution >= 4 is 5.91 Å². The molecule has 1 N–H and O–H groups in total. The summed E-state index contributed by atoms with van der Waals surface area (Å²) in [6.45, 7) is 0.555. The van der Waals surface area contributed by atoms with Gasteiger partial charge in [0.1, 0.15) is 5.82 Å². The second-order valence-electron chi connectivity index (χ2n) is 3.56. The van der Waals surface area contributed by atoms with Crippen molar-refractivity contribution < 1.29 is 9.18 Å². The third kappa shape index (κ3) is 1.76. The molecule has 0 radical (unpaired) electrons. The summed E-state index contributed by atoms with van der Waals surface area (Å²) in [5.74, 6) is 0.0279. The molecule has 1 aliphatic heterocycles. The van der Waals surface area contributed by atoms with Crippen LogP contribution in [0.1, 0.15) is 24.3 Å². The van der Waals surface area contributed by atoms with Gasteiger partial charge in [0.2, 0.25) is 5.91 Å². The first-order valence-corrected chi connectivity index (χ1v) is 4.78. The zero-order valence-corrected chi connectivity index (χ0v) is 7.79. The molecule has 0 saturated carbocycles. The van der Waals surface area contributed by atoms with Crippen molar-refractivity contribution in [2.45, 2.75) is 18.8 Å². The molecule has 1 aromatic carbocycles. The average Bonchev–Trinajstić information content (AvgIpc) is 2.20. The number of amides is 1. The van der Waals surface area contributed by atoms with E-state index in [9.17, 15) is 9.18 Å². The Kier molecular flexibility index (Phi) is 2.48. The smallest absolute Gasteiger partial charge is 0.220 e. The van der Waals surface area contributed by atoms with Gasteiger partial charge in [-0.15, -0.1) is 0 Å². The van der Waals surface area contributed by atoms with E-state index in [4.69, 9.17) is 0 Å². The fourth-order valence-corrected chi connectivity index (χ4v) is 1.80. The Balaban J connectivity index is 2.16. The lowest BCUT2D eigenvalue weighted by molar-refractivity contribution is -0.122. The summed E-state index contributed by atoms with van der Waals surface area (Å²) >= 11 is 0. The second kappa shape index (κ2) is 3.78. The molecule has 0 aliphatic carbocycles. The minimum Gasteiger partial charge on any atom is -0.355 e. The number of carbonyl (C=O) groups is 1. The van der Waals surface area contributed by atoms with Crippen molar-refractivity contribution in [3.63, 3.8) is 0 Å². The van der Waals surface area contributed by atoms with Crippen molar-refractivity contribution in [1.82, 2.24) is 5.32 Å². The molecule has 1 fully saturated rings. The van der Waals surface area contributed by atoms with Crippen LogP contribution < -0.4 is 5.32 Å². The normalized spacial score (nSPS) is 21.8. The Hall–Kier alpha value is -1.38. The van der Waals surface area contributed by atoms with E-state index in [1.54, 1.807) is 12.1 Å². The molecule has 74 valence electrons. The van der Waals surface area contributed by atoms with Crippen molar-refractivity contribution in [3.05, 3.63) is 35.6 Å². The number of halogens is 1. The van der Waals surface area contributed by atoms with Crippen LogP contribution in [0.25, 0.3) is 0 Å². The Morgan fingerprint density at radius 2 is 2.14 bits per heavy atom. The third-order valence-corrected chi connectivity index (χ3v) is 2.61. The van der Waals surface area contributed by atoms with Crippen LogP contribution in [0.5, 0.6) is 0 Å². The van der Waals surface area contributed by atoms with Crippen molar-refractivity contribution in [2.75, 3.05) is 6.54 Å². The van der Waals surface area contributed by atoms with Gasteiger partial charge in [0, 0.05) is 18.9 Å². The van der Waals surface area contributed by atoms with E-state index in [0.29, 0.717) is 18.5 Å². The van der Waals surface area contributed by atoms with Gasteiger partial charge in [0.15, 0.2) is 0 Å². The molecule has 0 aromatic heterocycles. The molecule has 0 unspecified atom stereocenters. The van der Waals surface area contributed by atoms with Gasteiger partial charge >= 0.3 is 0 Å². The molecule has 1 saturated heterocycles. The van der Waals surface area contributed by atoms with Crippen molar-refractivity contribution in [3.8, 4) is 0 Å². The molecule has 2 rings (SSSR count). The summed E-state index contributed by atoms with van der Waals surface area (Å²) in [4.78, 5) is 10.9. The van der Waals surface area contributed by atoms with Gasteiger partial charge in [-0.1, -0.05) is 18.2 Å². The fraction of sp³-hybridized carbons (Fsp3) is 0.364. The molecule has 14 heavy (non-hydrogen) atoms. The van der Waals surface area contributed by atoms with Gasteiger partial charge in [0.25, 0.3) is 0 Å². The molecular formula is C11H12FNO. The SMILES string of the molecule is O=C1CC[C@@H](c2ccccc2F)CN1. The van der Waals surface area contributed by atoms with Crippen LogP contribution in [0, 0.1) is 5.82 Å². The molecular weight excluding hydrogens is 181 g/mol. The maximum absolute atomic E-state index is 13.4. The molecule has 0 bridgehead atoms. The predicted octanol–water partition coefficient (Wildman–Crippen LogP) is 1.82. The van der Waals surface area contributed by atoms with E-state index in [1.165, 1.54) is 6.07 Å². The number of rotatable bonds is 1. The minimum atomic E-state index is -0.173. The quantitative estimate of drug-likeness (QED) is 0.724. The zero-order valence-electron chi connectivity index (χ0n) is 7.79. The zero-order chi connectivity index (χ0) is 9.97. The molecule has 3 heteroatoms. The van der Waals surface area contributed by atoms with Crippen LogP contribution in [-0.2, 0) is 4.79 Å². The predicted molar refractivity (Wildman–Crippen MR) is 51.4 cm³/mol. The summed E-state index contributed by atoms with van der Waals surface area (Å²) in [5.41, 5.74) is 0.715. The molecule has 1 amide bonds. The van der Waals surface area contributed by atoms with E-state index in [-0.39, 0.29) is 17.6 Å². The largest absolute Gasteiger partial charge is 0.355 e. The number of hydrogen-bond donors (Lipinski definition) is 1. The van der Waals surface area contributed by atoms with Crippen LogP contribution >= 0.6 is 0 Å². The van der Waals surface area contributed by atoms with E-state index in [1.807, 2.05) is 6.07 Å². The van der Waals surface area contributed by atoms with E-state index in [2.05, 4.69) is 5.32 Å². The highest BCUT2D eigenvalue weighted by atomic mass is 19.1. The van der Waals surface area contributed by atoms with Crippen molar-refractivity contribution in [1.29, 1.82) is 0 Å². The molecule has 0 spiro atoms. The van der Waals surface area contributed by atoms with Gasteiger partial charge in [-0.2, -0.15) is 0 Å². The highest BCUT2D eigenvalue weighted by Crippen LogP contribution is 2.25. The first kappa shape index (κ1) is 9.19.